The van der Waals surface area contributed by atoms with Crippen LogP contribution in [-0.4, -0.2) is 33.2 Å². The van der Waals surface area contributed by atoms with E-state index in [1.54, 1.807) is 11.8 Å². The first-order chi connectivity index (χ1) is 15.4. The predicted octanol–water partition coefficient (Wildman–Crippen LogP) is 6.26. The standard InChI is InChI=1S/C25H26N2O3S2/c1-4-5-9-13-27-19(22-15(2)12-14-31-22)18(21(29)25(27)30)20(28)23-16(3)26-24(32-23)17-10-7-6-8-11-17/h6-8,10-12,14,19,29H,4-5,9,13H2,1-3H3. The number of unbranched alkanes of at least 4 members (excludes halogenated alkanes) is 2. The zero-order chi connectivity index (χ0) is 22.8. The van der Waals surface area contributed by atoms with E-state index in [4.69, 9.17) is 0 Å². The van der Waals surface area contributed by atoms with Gasteiger partial charge in [0.1, 0.15) is 5.01 Å². The molecule has 0 saturated heterocycles. The molecule has 0 spiro atoms. The fourth-order valence-corrected chi connectivity index (χ4v) is 6.09. The topological polar surface area (TPSA) is 70.5 Å². The number of carbonyl (C=O) groups excluding carboxylic acids is 2. The second kappa shape index (κ2) is 9.38. The number of aliphatic hydroxyl groups is 1. The van der Waals surface area contributed by atoms with Crippen LogP contribution in [0.5, 0.6) is 0 Å². The highest BCUT2D eigenvalue weighted by atomic mass is 32.1. The summed E-state index contributed by atoms with van der Waals surface area (Å²) in [5, 5.41) is 13.6. The third-order valence-electron chi connectivity index (χ3n) is 5.72. The zero-order valence-corrected chi connectivity index (χ0v) is 20.1. The van der Waals surface area contributed by atoms with Crippen LogP contribution < -0.4 is 0 Å². The van der Waals surface area contributed by atoms with E-state index in [0.717, 1.165) is 40.3 Å². The summed E-state index contributed by atoms with van der Waals surface area (Å²) in [5.41, 5.74) is 2.73. The lowest BCUT2D eigenvalue weighted by Gasteiger charge is -2.26. The number of hydrogen-bond donors (Lipinski definition) is 1. The molecule has 5 nitrogen and oxygen atoms in total. The van der Waals surface area contributed by atoms with Crippen LogP contribution in [0.15, 0.2) is 53.1 Å². The molecule has 32 heavy (non-hydrogen) atoms. The van der Waals surface area contributed by atoms with Gasteiger partial charge in [-0.15, -0.1) is 22.7 Å². The summed E-state index contributed by atoms with van der Waals surface area (Å²) in [4.78, 5) is 34.4. The first-order valence-electron chi connectivity index (χ1n) is 10.8. The quantitative estimate of drug-likeness (QED) is 0.314. The van der Waals surface area contributed by atoms with E-state index >= 15 is 0 Å². The number of thiazole rings is 1. The normalized spacial score (nSPS) is 16.3. The van der Waals surface area contributed by atoms with Crippen LogP contribution >= 0.6 is 22.7 Å². The largest absolute Gasteiger partial charge is 0.503 e. The molecule has 2 aromatic heterocycles. The molecule has 7 heteroatoms. The maximum atomic E-state index is 13.7. The second-order valence-electron chi connectivity index (χ2n) is 7.97. The summed E-state index contributed by atoms with van der Waals surface area (Å²) in [6.45, 7) is 6.39. The third kappa shape index (κ3) is 4.02. The maximum absolute atomic E-state index is 13.7. The van der Waals surface area contributed by atoms with E-state index in [2.05, 4.69) is 11.9 Å². The Balaban J connectivity index is 1.75. The lowest BCUT2D eigenvalue weighted by molar-refractivity contribution is -0.129. The Morgan fingerprint density at radius 3 is 2.56 bits per heavy atom. The molecule has 1 unspecified atom stereocenters. The van der Waals surface area contributed by atoms with Gasteiger partial charge < -0.3 is 10.0 Å². The molecule has 1 aliphatic rings. The Bertz CT molecular complexity index is 1180. The van der Waals surface area contributed by atoms with E-state index in [-0.39, 0.29) is 11.4 Å². The number of benzene rings is 1. The Morgan fingerprint density at radius 1 is 1.16 bits per heavy atom. The minimum absolute atomic E-state index is 0.170. The van der Waals surface area contributed by atoms with Crippen LogP contribution in [0.2, 0.25) is 0 Å². The van der Waals surface area contributed by atoms with Crippen molar-refractivity contribution in [2.24, 2.45) is 0 Å². The lowest BCUT2D eigenvalue weighted by Crippen LogP contribution is -2.32. The molecule has 4 rings (SSSR count). The number of aliphatic hydroxyl groups excluding tert-OH is 1. The summed E-state index contributed by atoms with van der Waals surface area (Å²) in [7, 11) is 0. The van der Waals surface area contributed by atoms with Gasteiger partial charge in [0.2, 0.25) is 5.78 Å². The fourth-order valence-electron chi connectivity index (χ4n) is 4.02. The van der Waals surface area contributed by atoms with Gasteiger partial charge in [0, 0.05) is 17.0 Å². The second-order valence-corrected chi connectivity index (χ2v) is 9.91. The SMILES string of the molecule is CCCCCN1C(=O)C(O)=C(C(=O)c2sc(-c3ccccc3)nc2C)C1c1sccc1C. The van der Waals surface area contributed by atoms with Gasteiger partial charge in [-0.3, -0.25) is 9.59 Å². The average Bonchev–Trinajstić information content (AvgIpc) is 3.46. The van der Waals surface area contributed by atoms with Gasteiger partial charge >= 0.3 is 0 Å². The minimum Gasteiger partial charge on any atom is -0.503 e. The van der Waals surface area contributed by atoms with Crippen molar-refractivity contribution in [1.82, 2.24) is 9.88 Å². The molecule has 1 amide bonds. The van der Waals surface area contributed by atoms with Crippen molar-refractivity contribution in [2.45, 2.75) is 46.1 Å². The number of hydrogen-bond acceptors (Lipinski definition) is 6. The maximum Gasteiger partial charge on any atom is 0.290 e. The first kappa shape index (κ1) is 22.4. The number of amides is 1. The number of rotatable bonds is 8. The van der Waals surface area contributed by atoms with Crippen LogP contribution in [0, 0.1) is 13.8 Å². The summed E-state index contributed by atoms with van der Waals surface area (Å²) in [6, 6.07) is 11.1. The molecule has 0 bridgehead atoms. The Labute approximate surface area is 196 Å². The van der Waals surface area contributed by atoms with Gasteiger partial charge in [0.25, 0.3) is 5.91 Å². The molecule has 1 atom stereocenters. The molecule has 1 aliphatic heterocycles. The van der Waals surface area contributed by atoms with E-state index in [9.17, 15) is 14.7 Å². The van der Waals surface area contributed by atoms with Crippen molar-refractivity contribution >= 4 is 34.4 Å². The molecule has 3 heterocycles. The molecule has 1 aromatic carbocycles. The number of aromatic nitrogens is 1. The number of aryl methyl sites for hydroxylation is 2. The molecule has 0 fully saturated rings. The van der Waals surface area contributed by atoms with E-state index in [1.807, 2.05) is 48.7 Å². The fraction of sp³-hybridized carbons (Fsp3) is 0.320. The highest BCUT2D eigenvalue weighted by molar-refractivity contribution is 7.17. The van der Waals surface area contributed by atoms with Crippen LogP contribution in [0.1, 0.15) is 58.0 Å². The number of ketones is 1. The molecule has 3 aromatic rings. The summed E-state index contributed by atoms with van der Waals surface area (Å²) < 4.78 is 0. The molecular formula is C25H26N2O3S2. The monoisotopic (exact) mass is 466 g/mol. The zero-order valence-electron chi connectivity index (χ0n) is 18.4. The van der Waals surface area contributed by atoms with E-state index in [0.29, 0.717) is 17.1 Å². The smallest absolute Gasteiger partial charge is 0.290 e. The average molecular weight is 467 g/mol. The predicted molar refractivity (Wildman–Crippen MR) is 129 cm³/mol. The van der Waals surface area contributed by atoms with Crippen molar-refractivity contribution in [2.75, 3.05) is 6.54 Å². The number of thiophene rings is 1. The summed E-state index contributed by atoms with van der Waals surface area (Å²) >= 11 is 2.82. The molecule has 0 radical (unpaired) electrons. The molecule has 0 saturated carbocycles. The first-order valence-corrected chi connectivity index (χ1v) is 12.5. The van der Waals surface area contributed by atoms with Crippen LogP contribution in [0.25, 0.3) is 10.6 Å². The van der Waals surface area contributed by atoms with Crippen LogP contribution in [-0.2, 0) is 4.79 Å². The highest BCUT2D eigenvalue weighted by Gasteiger charge is 2.45. The molecule has 0 aliphatic carbocycles. The molecule has 1 N–H and O–H groups in total. The van der Waals surface area contributed by atoms with Crippen LogP contribution in [0.4, 0.5) is 0 Å². The third-order valence-corrected chi connectivity index (χ3v) is 8.00. The van der Waals surface area contributed by atoms with E-state index in [1.165, 1.54) is 22.7 Å². The van der Waals surface area contributed by atoms with Crippen LogP contribution in [0.3, 0.4) is 0 Å². The van der Waals surface area contributed by atoms with Crippen molar-refractivity contribution in [3.63, 3.8) is 0 Å². The van der Waals surface area contributed by atoms with Gasteiger partial charge in [-0.05, 0) is 37.3 Å². The molecular weight excluding hydrogens is 440 g/mol. The Hall–Kier alpha value is -2.77. The van der Waals surface area contributed by atoms with Gasteiger partial charge in [-0.2, -0.15) is 0 Å². The van der Waals surface area contributed by atoms with Crippen molar-refractivity contribution < 1.29 is 14.7 Å². The van der Waals surface area contributed by atoms with Gasteiger partial charge in [0.15, 0.2) is 5.76 Å². The van der Waals surface area contributed by atoms with Crippen molar-refractivity contribution in [1.29, 1.82) is 0 Å². The minimum atomic E-state index is -0.562. The summed E-state index contributed by atoms with van der Waals surface area (Å²) in [5.74, 6) is -1.21. The van der Waals surface area contributed by atoms with Gasteiger partial charge in [-0.1, -0.05) is 50.1 Å². The van der Waals surface area contributed by atoms with E-state index < -0.39 is 17.7 Å². The Kier molecular flexibility index (Phi) is 6.58. The van der Waals surface area contributed by atoms with Gasteiger partial charge in [0.05, 0.1) is 22.2 Å². The number of carbonyl (C=O) groups is 2. The lowest BCUT2D eigenvalue weighted by atomic mass is 9.98. The number of nitrogens with zero attached hydrogens (tertiary/aromatic N) is 2. The molecule has 166 valence electrons. The summed E-state index contributed by atoms with van der Waals surface area (Å²) in [6.07, 6.45) is 2.84. The van der Waals surface area contributed by atoms with Crippen molar-refractivity contribution in [3.8, 4) is 10.6 Å². The van der Waals surface area contributed by atoms with Crippen molar-refractivity contribution in [3.05, 3.63) is 74.1 Å². The van der Waals surface area contributed by atoms with Gasteiger partial charge in [-0.25, -0.2) is 4.98 Å². The number of Topliss-reactive ketones (excluding diaryl/α,β-unsaturated/α-hetero) is 1. The Morgan fingerprint density at radius 2 is 1.91 bits per heavy atom. The highest BCUT2D eigenvalue weighted by Crippen LogP contribution is 2.43.